The lowest BCUT2D eigenvalue weighted by Crippen LogP contribution is -2.35. The topological polar surface area (TPSA) is 37.3 Å². The molecule has 0 bridgehead atoms. The lowest BCUT2D eigenvalue weighted by atomic mass is 10.1. The van der Waals surface area contributed by atoms with Crippen molar-refractivity contribution in [1.29, 1.82) is 0 Å². The van der Waals surface area contributed by atoms with Crippen molar-refractivity contribution in [3.05, 3.63) is 101 Å². The number of carbonyl (C=O) groups is 1. The van der Waals surface area contributed by atoms with E-state index in [4.69, 9.17) is 0 Å². The van der Waals surface area contributed by atoms with Crippen LogP contribution in [0, 0.1) is 0 Å². The van der Waals surface area contributed by atoms with Crippen molar-refractivity contribution in [3.8, 4) is 0 Å². The van der Waals surface area contributed by atoms with E-state index in [0.717, 1.165) is 22.3 Å². The minimum Gasteiger partial charge on any atom is -0.345 e. The van der Waals surface area contributed by atoms with Gasteiger partial charge in [0.15, 0.2) is 0 Å². The summed E-state index contributed by atoms with van der Waals surface area (Å²) in [6.45, 7) is 4.56. The SMILES string of the molecule is C=CCN(Cc1cccn1Cc1cccc(C(F)(F)F)c1)C(=O)Nc1ccccc1Br. The molecule has 0 radical (unpaired) electrons. The number of halogens is 4. The third-order valence-corrected chi connectivity index (χ3v) is 5.33. The average Bonchev–Trinajstić information content (AvgIpc) is 3.15. The van der Waals surface area contributed by atoms with Gasteiger partial charge in [0, 0.05) is 29.5 Å². The van der Waals surface area contributed by atoms with E-state index in [2.05, 4.69) is 27.8 Å². The van der Waals surface area contributed by atoms with Crippen molar-refractivity contribution in [1.82, 2.24) is 9.47 Å². The number of anilines is 1. The van der Waals surface area contributed by atoms with Gasteiger partial charge in [-0.3, -0.25) is 0 Å². The van der Waals surface area contributed by atoms with Crippen LogP contribution in [0.25, 0.3) is 0 Å². The molecule has 0 aliphatic rings. The van der Waals surface area contributed by atoms with Gasteiger partial charge in [-0.2, -0.15) is 13.2 Å². The summed E-state index contributed by atoms with van der Waals surface area (Å²) in [6.07, 6.45) is -0.979. The number of nitrogens with one attached hydrogen (secondary N) is 1. The molecule has 2 aromatic carbocycles. The predicted octanol–water partition coefficient (Wildman–Crippen LogP) is 6.54. The molecule has 1 aromatic heterocycles. The summed E-state index contributed by atoms with van der Waals surface area (Å²) in [5.74, 6) is 0. The van der Waals surface area contributed by atoms with Crippen molar-refractivity contribution >= 4 is 27.6 Å². The maximum absolute atomic E-state index is 13.0. The zero-order valence-electron chi connectivity index (χ0n) is 16.6. The summed E-state index contributed by atoms with van der Waals surface area (Å²) < 4.78 is 41.6. The molecule has 3 aromatic rings. The Morgan fingerprint density at radius 3 is 2.61 bits per heavy atom. The van der Waals surface area contributed by atoms with Gasteiger partial charge in [-0.1, -0.05) is 30.3 Å². The van der Waals surface area contributed by atoms with E-state index in [0.29, 0.717) is 17.8 Å². The van der Waals surface area contributed by atoms with Crippen LogP contribution in [0.4, 0.5) is 23.7 Å². The number of nitrogens with zero attached hydrogens (tertiary/aromatic N) is 2. The average molecular weight is 492 g/mol. The number of urea groups is 1. The van der Waals surface area contributed by atoms with E-state index >= 15 is 0 Å². The summed E-state index contributed by atoms with van der Waals surface area (Å²) in [5.41, 5.74) is 1.28. The standard InChI is InChI=1S/C23H21BrF3N3O/c1-2-12-30(22(31)28-21-11-4-3-10-20(21)24)16-19-9-6-13-29(19)15-17-7-5-8-18(14-17)23(25,26)27/h2-11,13-14H,1,12,15-16H2,(H,28,31). The van der Waals surface area contributed by atoms with Crippen LogP contribution in [0.3, 0.4) is 0 Å². The van der Waals surface area contributed by atoms with Crippen LogP contribution in [-0.4, -0.2) is 22.0 Å². The number of alkyl halides is 3. The monoisotopic (exact) mass is 491 g/mol. The van der Waals surface area contributed by atoms with Gasteiger partial charge in [-0.05, 0) is 57.9 Å². The van der Waals surface area contributed by atoms with Gasteiger partial charge >= 0.3 is 12.2 Å². The highest BCUT2D eigenvalue weighted by atomic mass is 79.9. The first kappa shape index (κ1) is 22.7. The van der Waals surface area contributed by atoms with E-state index in [9.17, 15) is 18.0 Å². The fourth-order valence-corrected chi connectivity index (χ4v) is 3.50. The molecule has 31 heavy (non-hydrogen) atoms. The summed E-state index contributed by atoms with van der Waals surface area (Å²) in [5, 5.41) is 2.86. The molecule has 0 unspecified atom stereocenters. The Bertz CT molecular complexity index is 1060. The second kappa shape index (κ2) is 9.87. The Hall–Kier alpha value is -3.00. The molecule has 0 saturated carbocycles. The van der Waals surface area contributed by atoms with Crippen LogP contribution in [0.1, 0.15) is 16.8 Å². The largest absolute Gasteiger partial charge is 0.416 e. The lowest BCUT2D eigenvalue weighted by molar-refractivity contribution is -0.137. The maximum atomic E-state index is 13.0. The van der Waals surface area contributed by atoms with Gasteiger partial charge in [-0.15, -0.1) is 6.58 Å². The molecule has 8 heteroatoms. The zero-order chi connectivity index (χ0) is 22.4. The third-order valence-electron chi connectivity index (χ3n) is 4.64. The normalized spacial score (nSPS) is 11.2. The van der Waals surface area contributed by atoms with Crippen LogP contribution < -0.4 is 5.32 Å². The molecule has 3 rings (SSSR count). The number of aromatic nitrogens is 1. The maximum Gasteiger partial charge on any atom is 0.416 e. The first-order valence-corrected chi connectivity index (χ1v) is 10.3. The molecule has 162 valence electrons. The van der Waals surface area contributed by atoms with Crippen molar-refractivity contribution in [3.63, 3.8) is 0 Å². The van der Waals surface area contributed by atoms with Gasteiger partial charge in [-0.25, -0.2) is 4.79 Å². The fourth-order valence-electron chi connectivity index (χ4n) is 3.12. The van der Waals surface area contributed by atoms with Crippen molar-refractivity contribution in [2.24, 2.45) is 0 Å². The summed E-state index contributed by atoms with van der Waals surface area (Å²) in [7, 11) is 0. The predicted molar refractivity (Wildman–Crippen MR) is 119 cm³/mol. The van der Waals surface area contributed by atoms with Crippen molar-refractivity contribution in [2.75, 3.05) is 11.9 Å². The lowest BCUT2D eigenvalue weighted by Gasteiger charge is -2.23. The van der Waals surface area contributed by atoms with Crippen LogP contribution >= 0.6 is 15.9 Å². The number of carbonyl (C=O) groups excluding carboxylic acids is 1. The number of rotatable bonds is 7. The minimum atomic E-state index is -4.39. The molecule has 1 heterocycles. The van der Waals surface area contributed by atoms with Crippen LogP contribution in [-0.2, 0) is 19.3 Å². The van der Waals surface area contributed by atoms with Gasteiger partial charge in [0.2, 0.25) is 0 Å². The highest BCUT2D eigenvalue weighted by Crippen LogP contribution is 2.30. The zero-order valence-corrected chi connectivity index (χ0v) is 18.2. The van der Waals surface area contributed by atoms with Gasteiger partial charge in [0.25, 0.3) is 0 Å². The molecule has 0 atom stereocenters. The Kier molecular flexibility index (Phi) is 7.22. The molecule has 0 saturated heterocycles. The van der Waals surface area contributed by atoms with Gasteiger partial charge in [0.1, 0.15) is 0 Å². The van der Waals surface area contributed by atoms with E-state index in [-0.39, 0.29) is 19.1 Å². The van der Waals surface area contributed by atoms with Crippen molar-refractivity contribution < 1.29 is 18.0 Å². The van der Waals surface area contributed by atoms with E-state index in [1.807, 2.05) is 28.8 Å². The summed E-state index contributed by atoms with van der Waals surface area (Å²) >= 11 is 3.40. The minimum absolute atomic E-state index is 0.264. The Balaban J connectivity index is 1.76. The van der Waals surface area contributed by atoms with E-state index in [1.165, 1.54) is 6.07 Å². The fraction of sp³-hybridized carbons (Fsp3) is 0.174. The van der Waals surface area contributed by atoms with E-state index in [1.54, 1.807) is 35.4 Å². The molecule has 1 N–H and O–H groups in total. The third kappa shape index (κ3) is 6.01. The van der Waals surface area contributed by atoms with Gasteiger partial charge < -0.3 is 14.8 Å². The van der Waals surface area contributed by atoms with Gasteiger partial charge in [0.05, 0.1) is 17.8 Å². The van der Waals surface area contributed by atoms with E-state index < -0.39 is 11.7 Å². The highest BCUT2D eigenvalue weighted by molar-refractivity contribution is 9.10. The second-order valence-corrected chi connectivity index (χ2v) is 7.76. The molecular weight excluding hydrogens is 471 g/mol. The van der Waals surface area contributed by atoms with Crippen LogP contribution in [0.2, 0.25) is 0 Å². The smallest absolute Gasteiger partial charge is 0.345 e. The second-order valence-electron chi connectivity index (χ2n) is 6.90. The first-order chi connectivity index (χ1) is 14.8. The molecule has 2 amide bonds. The van der Waals surface area contributed by atoms with Crippen LogP contribution in [0.5, 0.6) is 0 Å². The van der Waals surface area contributed by atoms with Crippen LogP contribution in [0.15, 0.2) is 84.0 Å². The molecule has 4 nitrogen and oxygen atoms in total. The number of para-hydroxylation sites is 1. The molecule has 0 fully saturated rings. The Morgan fingerprint density at radius 2 is 1.90 bits per heavy atom. The summed E-state index contributed by atoms with van der Waals surface area (Å²) in [6, 6.07) is 15.9. The molecule has 0 spiro atoms. The quantitative estimate of drug-likeness (QED) is 0.374. The number of hydrogen-bond donors (Lipinski definition) is 1. The summed E-state index contributed by atoms with van der Waals surface area (Å²) in [4.78, 5) is 14.4. The Labute approximate surface area is 187 Å². The molecular formula is C23H21BrF3N3O. The van der Waals surface area contributed by atoms with Crippen molar-refractivity contribution in [2.45, 2.75) is 19.3 Å². The highest BCUT2D eigenvalue weighted by Gasteiger charge is 2.30. The number of benzene rings is 2. The first-order valence-electron chi connectivity index (χ1n) is 9.49. The molecule has 0 aliphatic heterocycles. The number of hydrogen-bond acceptors (Lipinski definition) is 1. The molecule has 0 aliphatic carbocycles. The number of amides is 2. The Morgan fingerprint density at radius 1 is 1.13 bits per heavy atom.